The maximum atomic E-state index is 13.7. The molecule has 2 aliphatic heterocycles. The highest BCUT2D eigenvalue weighted by Crippen LogP contribution is 2.31. The average molecular weight is 515 g/mol. The molecule has 1 N–H and O–H groups in total. The summed E-state index contributed by atoms with van der Waals surface area (Å²) in [5.74, 6) is -0.386. The van der Waals surface area contributed by atoms with Crippen molar-refractivity contribution in [2.45, 2.75) is 44.8 Å². The van der Waals surface area contributed by atoms with E-state index < -0.39 is 24.2 Å². The molecule has 38 heavy (non-hydrogen) atoms. The number of ether oxygens (including phenoxy) is 1. The number of Topliss-reactive ketones (excluding diaryl/α,β-unsaturated/α-hetero) is 1. The van der Waals surface area contributed by atoms with Gasteiger partial charge in [0.2, 0.25) is 5.91 Å². The third-order valence-electron chi connectivity index (χ3n) is 7.08. The number of nitrogens with one attached hydrogen (secondary N) is 1. The van der Waals surface area contributed by atoms with Crippen molar-refractivity contribution in [1.29, 1.82) is 0 Å². The first-order chi connectivity index (χ1) is 18.3. The van der Waals surface area contributed by atoms with E-state index in [4.69, 9.17) is 4.74 Å². The molecule has 0 saturated carbocycles. The van der Waals surface area contributed by atoms with Crippen molar-refractivity contribution in [2.75, 3.05) is 13.1 Å². The molecule has 2 fully saturated rings. The van der Waals surface area contributed by atoms with Gasteiger partial charge in [-0.2, -0.15) is 0 Å². The number of hydrogen-bond acceptors (Lipinski definition) is 6. The maximum Gasteiger partial charge on any atom is 0.413 e. The molecule has 0 bridgehead atoms. The van der Waals surface area contributed by atoms with Crippen LogP contribution < -0.4 is 10.1 Å². The van der Waals surface area contributed by atoms with E-state index in [1.165, 1.54) is 16.0 Å². The maximum absolute atomic E-state index is 13.7. The van der Waals surface area contributed by atoms with Gasteiger partial charge in [-0.15, -0.1) is 0 Å². The lowest BCUT2D eigenvalue weighted by Gasteiger charge is -2.28. The van der Waals surface area contributed by atoms with Gasteiger partial charge in [0.1, 0.15) is 23.5 Å². The van der Waals surface area contributed by atoms with Crippen molar-refractivity contribution in [2.24, 2.45) is 5.92 Å². The first-order valence-corrected chi connectivity index (χ1v) is 12.8. The van der Waals surface area contributed by atoms with Gasteiger partial charge in [0.05, 0.1) is 12.6 Å². The van der Waals surface area contributed by atoms with Gasteiger partial charge in [0, 0.05) is 12.7 Å². The van der Waals surface area contributed by atoms with Crippen molar-refractivity contribution in [3.8, 4) is 5.75 Å². The molecule has 2 aliphatic rings. The number of rotatable bonds is 6. The summed E-state index contributed by atoms with van der Waals surface area (Å²) in [5.41, 5.74) is 0.265. The fraction of sp³-hybridized carbons (Fsp3) is 0.345. The molecule has 3 amide bonds. The quantitative estimate of drug-likeness (QED) is 0.540. The number of ketones is 1. The van der Waals surface area contributed by atoms with Crippen molar-refractivity contribution in [1.82, 2.24) is 20.1 Å². The summed E-state index contributed by atoms with van der Waals surface area (Å²) in [6.07, 6.45) is 1.66. The number of amides is 3. The predicted molar refractivity (Wildman–Crippen MR) is 141 cm³/mol. The van der Waals surface area contributed by atoms with Crippen molar-refractivity contribution < 1.29 is 23.9 Å². The molecule has 3 atom stereocenters. The lowest BCUT2D eigenvalue weighted by molar-refractivity contribution is -0.138. The van der Waals surface area contributed by atoms with Gasteiger partial charge in [-0.1, -0.05) is 50.2 Å². The summed E-state index contributed by atoms with van der Waals surface area (Å²) in [7, 11) is 0. The van der Waals surface area contributed by atoms with E-state index in [9.17, 15) is 19.2 Å². The molecular formula is C29H30N4O5. The Labute approximate surface area is 220 Å². The van der Waals surface area contributed by atoms with Gasteiger partial charge >= 0.3 is 6.09 Å². The molecule has 0 aliphatic carbocycles. The van der Waals surface area contributed by atoms with E-state index in [1.807, 2.05) is 44.2 Å². The van der Waals surface area contributed by atoms with Crippen LogP contribution in [0.2, 0.25) is 0 Å². The van der Waals surface area contributed by atoms with Gasteiger partial charge in [-0.3, -0.25) is 19.4 Å². The highest BCUT2D eigenvalue weighted by atomic mass is 16.6. The molecule has 3 unspecified atom stereocenters. The van der Waals surface area contributed by atoms with Crippen LogP contribution in [0.5, 0.6) is 5.75 Å². The molecule has 9 nitrogen and oxygen atoms in total. The Kier molecular flexibility index (Phi) is 7.09. The lowest BCUT2D eigenvalue weighted by atomic mass is 10.0. The third-order valence-corrected chi connectivity index (χ3v) is 7.08. The molecule has 5 rings (SSSR count). The molecule has 9 heteroatoms. The molecular weight excluding hydrogens is 484 g/mol. The van der Waals surface area contributed by atoms with E-state index in [1.54, 1.807) is 30.3 Å². The fourth-order valence-corrected chi connectivity index (χ4v) is 5.38. The van der Waals surface area contributed by atoms with E-state index >= 15 is 0 Å². The van der Waals surface area contributed by atoms with Crippen LogP contribution in [-0.2, 0) is 9.59 Å². The van der Waals surface area contributed by atoms with Gasteiger partial charge in [-0.25, -0.2) is 4.79 Å². The van der Waals surface area contributed by atoms with Crippen molar-refractivity contribution in [3.05, 3.63) is 72.6 Å². The Morgan fingerprint density at radius 3 is 2.53 bits per heavy atom. The number of carbonyl (C=O) groups excluding carboxylic acids is 4. The molecule has 2 aromatic carbocycles. The highest BCUT2D eigenvalue weighted by Gasteiger charge is 2.52. The third kappa shape index (κ3) is 5.09. The number of aromatic nitrogens is 1. The predicted octanol–water partition coefficient (Wildman–Crippen LogP) is 3.43. The van der Waals surface area contributed by atoms with Crippen molar-refractivity contribution in [3.63, 3.8) is 0 Å². The average Bonchev–Trinajstić information content (AvgIpc) is 3.49. The Hall–Kier alpha value is -4.27. The first-order valence-electron chi connectivity index (χ1n) is 12.8. The molecule has 0 spiro atoms. The normalized spacial score (nSPS) is 19.5. The lowest BCUT2D eigenvalue weighted by Crippen LogP contribution is -2.53. The zero-order valence-electron chi connectivity index (χ0n) is 21.4. The molecule has 3 aromatic rings. The van der Waals surface area contributed by atoms with Crippen LogP contribution in [0.4, 0.5) is 4.79 Å². The molecule has 3 heterocycles. The zero-order valence-corrected chi connectivity index (χ0v) is 21.4. The largest absolute Gasteiger partial charge is 0.413 e. The number of hydrogen-bond donors (Lipinski definition) is 1. The number of pyridine rings is 1. The molecule has 1 aromatic heterocycles. The Balaban J connectivity index is 1.29. The monoisotopic (exact) mass is 514 g/mol. The van der Waals surface area contributed by atoms with Crippen LogP contribution in [0.25, 0.3) is 10.8 Å². The van der Waals surface area contributed by atoms with Crippen LogP contribution in [-0.4, -0.2) is 69.7 Å². The summed E-state index contributed by atoms with van der Waals surface area (Å²) < 4.78 is 5.51. The Bertz CT molecular complexity index is 1380. The summed E-state index contributed by atoms with van der Waals surface area (Å²) in [6, 6.07) is 16.1. The van der Waals surface area contributed by atoms with Gasteiger partial charge in [0.15, 0.2) is 5.78 Å². The van der Waals surface area contributed by atoms with Crippen LogP contribution in [0.1, 0.15) is 37.2 Å². The van der Waals surface area contributed by atoms with Gasteiger partial charge < -0.3 is 19.9 Å². The van der Waals surface area contributed by atoms with Crippen LogP contribution in [0.3, 0.4) is 0 Å². The minimum absolute atomic E-state index is 0.0686. The second-order valence-corrected chi connectivity index (χ2v) is 10.2. The summed E-state index contributed by atoms with van der Waals surface area (Å²) >= 11 is 0. The topological polar surface area (TPSA) is 109 Å². The van der Waals surface area contributed by atoms with E-state index in [-0.39, 0.29) is 35.8 Å². The number of fused-ring (bicyclic) bond motifs is 2. The Morgan fingerprint density at radius 2 is 1.79 bits per heavy atom. The van der Waals surface area contributed by atoms with Crippen LogP contribution in [0.15, 0.2) is 66.9 Å². The van der Waals surface area contributed by atoms with E-state index in [2.05, 4.69) is 10.3 Å². The fourth-order valence-electron chi connectivity index (χ4n) is 5.38. The Morgan fingerprint density at radius 1 is 1.03 bits per heavy atom. The zero-order chi connectivity index (χ0) is 26.8. The number of benzene rings is 2. The minimum atomic E-state index is -0.866. The number of nitrogens with zero attached hydrogens (tertiary/aromatic N) is 3. The second-order valence-electron chi connectivity index (χ2n) is 10.2. The number of likely N-dealkylation sites (tertiary alicyclic amines) is 2. The standard InChI is InChI=1S/C29H30N4O5/c1-18(2)15-23(31-29(37)38-21-11-10-19-7-3-4-8-20(19)16-21)28(36)32-14-12-24-26(32)25(34)17-33(24)27(35)22-9-5-6-13-30-22/h3-11,13,16,18,23-24,26H,12,14-15,17H2,1-2H3,(H,31,37). The van der Waals surface area contributed by atoms with Crippen LogP contribution in [0, 0.1) is 5.92 Å². The first kappa shape index (κ1) is 25.4. The van der Waals surface area contributed by atoms with Crippen molar-refractivity contribution >= 4 is 34.5 Å². The van der Waals surface area contributed by atoms with E-state index in [0.717, 1.165) is 10.8 Å². The van der Waals surface area contributed by atoms with E-state index in [0.29, 0.717) is 25.1 Å². The second kappa shape index (κ2) is 10.6. The molecule has 2 saturated heterocycles. The summed E-state index contributed by atoms with van der Waals surface area (Å²) in [6.45, 7) is 4.16. The minimum Gasteiger partial charge on any atom is -0.410 e. The smallest absolute Gasteiger partial charge is 0.410 e. The summed E-state index contributed by atoms with van der Waals surface area (Å²) in [5, 5.41) is 4.67. The van der Waals surface area contributed by atoms with Gasteiger partial charge in [-0.05, 0) is 53.8 Å². The highest BCUT2D eigenvalue weighted by molar-refractivity contribution is 6.02. The van der Waals surface area contributed by atoms with Gasteiger partial charge in [0.25, 0.3) is 5.91 Å². The SMILES string of the molecule is CC(C)CC(NC(=O)Oc1ccc2ccccc2c1)C(=O)N1CCC2C1C(=O)CN2C(=O)c1ccccn1. The molecule has 196 valence electrons. The summed E-state index contributed by atoms with van der Waals surface area (Å²) in [4.78, 5) is 59.7. The number of carbonyl (C=O) groups is 4. The molecule has 0 radical (unpaired) electrons. The van der Waals surface area contributed by atoms with Crippen LogP contribution >= 0.6 is 0 Å².